The minimum Gasteiger partial charge on any atom is -0.481 e. The second kappa shape index (κ2) is 42.5. The zero-order valence-electron chi connectivity index (χ0n) is 52.8. The first-order valence-corrected chi connectivity index (χ1v) is 27.5. The van der Waals surface area contributed by atoms with Gasteiger partial charge in [-0.15, -0.1) is 0 Å². The van der Waals surface area contributed by atoms with Gasteiger partial charge >= 0.3 is 30.5 Å². The Kier molecular flexibility index (Phi) is 40.1. The fourth-order valence-corrected chi connectivity index (χ4v) is 6.34. The number of hydrogen-bond acceptors (Lipinski definition) is 25. The van der Waals surface area contributed by atoms with Gasteiger partial charge in [-0.25, -0.2) is 19.2 Å². The predicted molar refractivity (Wildman–Crippen MR) is 338 cm³/mol. The van der Waals surface area contributed by atoms with Gasteiger partial charge in [0.15, 0.2) is 0 Å². The molecule has 0 saturated carbocycles. The maximum absolute atomic E-state index is 12.0. The summed E-state index contributed by atoms with van der Waals surface area (Å²) in [5.74, 6) is -1.24. The van der Waals surface area contributed by atoms with E-state index in [1.165, 1.54) is 25.0 Å². The molecule has 1 saturated heterocycles. The normalized spacial score (nSPS) is 11.2. The Hall–Kier alpha value is -9.37. The molecule has 0 spiro atoms. The molecule has 32 heteroatoms. The van der Waals surface area contributed by atoms with Crippen molar-refractivity contribution in [2.24, 2.45) is 0 Å². The van der Waals surface area contributed by atoms with Crippen LogP contribution in [-0.2, 0) is 58.9 Å². The molecule has 510 valence electrons. The number of hydrogen-bond donors (Lipinski definition) is 9. The van der Waals surface area contributed by atoms with Crippen molar-refractivity contribution >= 4 is 76.0 Å². The molecule has 0 atom stereocenters. The molecule has 1 aliphatic heterocycles. The summed E-state index contributed by atoms with van der Waals surface area (Å²) in [5.41, 5.74) is 10.9. The standard InChI is InChI=1S/C18H28N2O5.C10H18O5.C8H6N2O6.C8H8N2O5.C8H12N2O.C4H8O.C2H6O.CH4/c1-17(2,3)24-15(22)19-13-8-7-12(9-10-21)14(11-13)20-16(23)25-18(4,5)6;1-9(2,3)14-7(11)13-8(12)15-10(4,5)6;11-8(12)3-5-1-2-6(9(13)14)4-7(5)10(15)16;11-4-3-6-1-2-7(9(12)13)5-8(6)10(14)15;9-7-2-1-6(3-4-11)8(10)5-7;1-2-4-5-3-1;1-2-3;/h7-8,11,21H,9-10H2,1-6H3,(H,19,22)(H,20,23);1-6H3;1-2,4H,3H2,(H,11,12);1-2,5,11H,3-4H2;1-2,5,11H,3-4,9-10H2;1-4H2;3H,2H2,1H3;1H4. The van der Waals surface area contributed by atoms with E-state index in [-0.39, 0.29) is 62.8 Å². The van der Waals surface area contributed by atoms with E-state index in [0.29, 0.717) is 35.6 Å². The van der Waals surface area contributed by atoms with Crippen molar-refractivity contribution in [3.63, 3.8) is 0 Å². The first kappa shape index (κ1) is 85.8. The maximum atomic E-state index is 12.0. The first-order valence-electron chi connectivity index (χ1n) is 27.5. The minimum absolute atomic E-state index is 0. The average molecular weight is 1300 g/mol. The molecule has 11 N–H and O–H groups in total. The summed E-state index contributed by atoms with van der Waals surface area (Å²) in [5, 5.41) is 89.7. The molecule has 0 unspecified atom stereocenters. The van der Waals surface area contributed by atoms with Crippen molar-refractivity contribution in [1.29, 1.82) is 0 Å². The van der Waals surface area contributed by atoms with Crippen molar-refractivity contribution in [3.8, 4) is 0 Å². The van der Waals surface area contributed by atoms with Crippen LogP contribution in [-0.4, -0.2) is 138 Å². The summed E-state index contributed by atoms with van der Waals surface area (Å²) >= 11 is 0. The number of aliphatic hydroxyl groups excluding tert-OH is 4. The molecule has 0 radical (unpaired) electrons. The third-order valence-electron chi connectivity index (χ3n) is 9.77. The van der Waals surface area contributed by atoms with Crippen molar-refractivity contribution in [2.75, 3.05) is 61.7 Å². The number of anilines is 4. The number of aliphatic carboxylic acids is 1. The summed E-state index contributed by atoms with van der Waals surface area (Å²) in [4.78, 5) is 95.2. The lowest BCUT2D eigenvalue weighted by Gasteiger charge is -2.21. The molecule has 5 rings (SSSR count). The second-order valence-corrected chi connectivity index (χ2v) is 22.4. The number of nitrogens with one attached hydrogen (secondary N) is 2. The highest BCUT2D eigenvalue weighted by Crippen LogP contribution is 2.27. The summed E-state index contributed by atoms with van der Waals surface area (Å²) in [6.45, 7) is 24.4. The van der Waals surface area contributed by atoms with Crippen LogP contribution >= 0.6 is 0 Å². The van der Waals surface area contributed by atoms with E-state index in [1.807, 2.05) is 6.07 Å². The number of carbonyl (C=O) groups excluding carboxylic acids is 4. The van der Waals surface area contributed by atoms with Crippen molar-refractivity contribution < 1.29 is 97.6 Å². The van der Waals surface area contributed by atoms with E-state index in [0.717, 1.165) is 48.6 Å². The Bertz CT molecular complexity index is 2930. The largest absolute Gasteiger partial charge is 0.519 e. The molecule has 1 heterocycles. The molecule has 1 fully saturated rings. The highest BCUT2D eigenvalue weighted by Gasteiger charge is 2.26. The number of ether oxygens (including phenoxy) is 6. The number of nitrogens with zero attached hydrogens (tertiary/aromatic N) is 4. The Labute approximate surface area is 527 Å². The number of aliphatic hydroxyl groups is 4. The van der Waals surface area contributed by atoms with Crippen LogP contribution in [0, 0.1) is 40.5 Å². The Morgan fingerprint density at radius 1 is 0.527 bits per heavy atom. The molecule has 0 bridgehead atoms. The fraction of sp³-hybridized carbons (Fsp3) is 0.508. The van der Waals surface area contributed by atoms with Crippen LogP contribution in [0.1, 0.15) is 133 Å². The van der Waals surface area contributed by atoms with Crippen molar-refractivity contribution in [3.05, 3.63) is 136 Å². The van der Waals surface area contributed by atoms with Crippen LogP contribution in [0.4, 0.5) is 64.7 Å². The lowest BCUT2D eigenvalue weighted by atomic mass is 10.1. The van der Waals surface area contributed by atoms with Gasteiger partial charge in [-0.3, -0.25) is 55.9 Å². The molecule has 4 aromatic carbocycles. The van der Waals surface area contributed by atoms with Crippen LogP contribution in [0.25, 0.3) is 0 Å². The van der Waals surface area contributed by atoms with Crippen LogP contribution in [0.15, 0.2) is 72.8 Å². The molecule has 0 aliphatic carbocycles. The lowest BCUT2D eigenvalue weighted by molar-refractivity contribution is -0.394. The van der Waals surface area contributed by atoms with Gasteiger partial charge in [0, 0.05) is 92.1 Å². The number of nitro groups is 4. The van der Waals surface area contributed by atoms with Gasteiger partial charge in [0.05, 0.1) is 38.2 Å². The Balaban J connectivity index is -0.00000105. The monoisotopic (exact) mass is 1290 g/mol. The predicted octanol–water partition coefficient (Wildman–Crippen LogP) is 10.8. The molecule has 0 aromatic heterocycles. The highest BCUT2D eigenvalue weighted by atomic mass is 16.8. The van der Waals surface area contributed by atoms with E-state index in [1.54, 1.807) is 120 Å². The van der Waals surface area contributed by atoms with E-state index < -0.39 is 90.4 Å². The molecular formula is C59H90N8O24. The van der Waals surface area contributed by atoms with Crippen molar-refractivity contribution in [2.45, 2.75) is 158 Å². The van der Waals surface area contributed by atoms with Crippen LogP contribution in [0.2, 0.25) is 0 Å². The number of non-ortho nitro benzene ring substituents is 2. The summed E-state index contributed by atoms with van der Waals surface area (Å²) in [7, 11) is 0. The summed E-state index contributed by atoms with van der Waals surface area (Å²) in [6.07, 6.45) is -0.257. The quantitative estimate of drug-likeness (QED) is 0.0141. The number of nitrogen functional groups attached to an aromatic ring is 2. The SMILES string of the molecule is C.C1CCOC1.CC(C)(C)OC(=O)Nc1ccc(CCO)c(NC(=O)OC(C)(C)C)c1.CC(C)(C)OC(=O)OC(=O)OC(C)(C)C.CCO.Nc1ccc(CCO)c(N)c1.O=C(O)Cc1ccc([N+](=O)[O-])cc1[N+](=O)[O-].O=[N+]([O-])c1ccc(CCO)c([N+](=O)[O-])c1. The third-order valence-corrected chi connectivity index (χ3v) is 9.77. The second-order valence-electron chi connectivity index (χ2n) is 22.4. The number of amides is 2. The van der Waals surface area contributed by atoms with Crippen LogP contribution in [0.3, 0.4) is 0 Å². The molecule has 2 amide bonds. The van der Waals surface area contributed by atoms with Gasteiger partial charge in [0.25, 0.3) is 22.7 Å². The van der Waals surface area contributed by atoms with E-state index in [4.69, 9.17) is 55.6 Å². The minimum atomic E-state index is -1.24. The topological polar surface area (TPSA) is 491 Å². The van der Waals surface area contributed by atoms with E-state index >= 15 is 0 Å². The van der Waals surface area contributed by atoms with Gasteiger partial charge in [-0.1, -0.05) is 19.6 Å². The zero-order chi connectivity index (χ0) is 69.8. The number of rotatable bonds is 14. The zero-order valence-corrected chi connectivity index (χ0v) is 52.8. The van der Waals surface area contributed by atoms with Gasteiger partial charge in [-0.2, -0.15) is 0 Å². The Morgan fingerprint density at radius 2 is 0.901 bits per heavy atom. The van der Waals surface area contributed by atoms with Crippen molar-refractivity contribution in [1.82, 2.24) is 0 Å². The summed E-state index contributed by atoms with van der Waals surface area (Å²) in [6, 6.07) is 16.5. The van der Waals surface area contributed by atoms with Gasteiger partial charge in [0.2, 0.25) is 0 Å². The molecule has 32 nitrogen and oxygen atoms in total. The molecule has 4 aromatic rings. The lowest BCUT2D eigenvalue weighted by Crippen LogP contribution is -2.29. The highest BCUT2D eigenvalue weighted by molar-refractivity contribution is 5.90. The fourth-order valence-electron chi connectivity index (χ4n) is 6.34. The maximum Gasteiger partial charge on any atom is 0.519 e. The smallest absolute Gasteiger partial charge is 0.481 e. The van der Waals surface area contributed by atoms with E-state index in [2.05, 4.69) is 15.4 Å². The number of carboxylic acid groups (broad SMARTS) is 1. The number of carbonyl (C=O) groups is 5. The number of nitrogens with two attached hydrogens (primary N) is 2. The third kappa shape index (κ3) is 42.2. The van der Waals surface area contributed by atoms with Gasteiger partial charge < -0.3 is 65.4 Å². The summed E-state index contributed by atoms with van der Waals surface area (Å²) < 4.78 is 29.2. The van der Waals surface area contributed by atoms with Gasteiger partial charge in [0.1, 0.15) is 22.4 Å². The molecule has 1 aliphatic rings. The van der Waals surface area contributed by atoms with Crippen LogP contribution in [0.5, 0.6) is 0 Å². The van der Waals surface area contributed by atoms with Crippen LogP contribution < -0.4 is 22.1 Å². The average Bonchev–Trinajstić information content (AvgIpc) is 1.02. The molecular weight excluding hydrogens is 1200 g/mol. The van der Waals surface area contributed by atoms with Gasteiger partial charge in [-0.05, 0) is 163 Å². The number of nitro benzene ring substituents is 4. The van der Waals surface area contributed by atoms with E-state index in [9.17, 15) is 69.5 Å². The Morgan fingerprint density at radius 3 is 1.26 bits per heavy atom. The molecule has 91 heavy (non-hydrogen) atoms. The first-order chi connectivity index (χ1) is 41.5. The number of carboxylic acids is 1. The number of benzene rings is 4.